The second-order valence-corrected chi connectivity index (χ2v) is 6.20. The quantitative estimate of drug-likeness (QED) is 0.532. The van der Waals surface area contributed by atoms with Crippen molar-refractivity contribution in [3.8, 4) is 5.75 Å². The highest BCUT2D eigenvalue weighted by Crippen LogP contribution is 2.29. The Morgan fingerprint density at radius 3 is 2.54 bits per heavy atom. The first-order valence-corrected chi connectivity index (χ1v) is 8.99. The number of halogens is 1. The van der Waals surface area contributed by atoms with Gasteiger partial charge in [0.25, 0.3) is 11.8 Å². The number of amides is 2. The van der Waals surface area contributed by atoms with Crippen molar-refractivity contribution in [3.63, 3.8) is 0 Å². The molecule has 148 valence electrons. The van der Waals surface area contributed by atoms with Gasteiger partial charge in [0.1, 0.15) is 0 Å². The largest absolute Gasteiger partial charge is 0.477 e. The standard InChI is InChI=1S/C19H20ClN3O5/c1-3-22(4-2)19(25)13-6-5-7-15(10-13)21-18(24)12-28-17-9-8-14(20)11-16(17)23(26)27/h5-11H,3-4,12H2,1-2H3,(H,21,24). The van der Waals surface area contributed by atoms with Crippen LogP contribution in [0.3, 0.4) is 0 Å². The lowest BCUT2D eigenvalue weighted by Gasteiger charge is -2.19. The molecule has 0 heterocycles. The summed E-state index contributed by atoms with van der Waals surface area (Å²) in [5.74, 6) is -0.708. The van der Waals surface area contributed by atoms with Gasteiger partial charge in [-0.15, -0.1) is 0 Å². The van der Waals surface area contributed by atoms with E-state index in [0.717, 1.165) is 6.07 Å². The highest BCUT2D eigenvalue weighted by Gasteiger charge is 2.17. The van der Waals surface area contributed by atoms with Crippen molar-refractivity contribution >= 4 is 34.8 Å². The third-order valence-corrected chi connectivity index (χ3v) is 4.16. The van der Waals surface area contributed by atoms with Crippen LogP contribution in [0, 0.1) is 10.1 Å². The molecule has 2 rings (SSSR count). The van der Waals surface area contributed by atoms with Gasteiger partial charge in [-0.05, 0) is 44.2 Å². The van der Waals surface area contributed by atoms with E-state index in [4.69, 9.17) is 16.3 Å². The second-order valence-electron chi connectivity index (χ2n) is 5.76. The lowest BCUT2D eigenvalue weighted by molar-refractivity contribution is -0.385. The van der Waals surface area contributed by atoms with Gasteiger partial charge in [0.15, 0.2) is 12.4 Å². The van der Waals surface area contributed by atoms with E-state index in [1.54, 1.807) is 29.2 Å². The van der Waals surface area contributed by atoms with Gasteiger partial charge in [-0.1, -0.05) is 17.7 Å². The lowest BCUT2D eigenvalue weighted by atomic mass is 10.1. The van der Waals surface area contributed by atoms with Crippen molar-refractivity contribution in [2.45, 2.75) is 13.8 Å². The molecule has 0 unspecified atom stereocenters. The summed E-state index contributed by atoms with van der Waals surface area (Å²) in [6.45, 7) is 4.51. The van der Waals surface area contributed by atoms with Crippen LogP contribution >= 0.6 is 11.6 Å². The smallest absolute Gasteiger partial charge is 0.312 e. The number of ether oxygens (including phenoxy) is 1. The molecule has 0 aliphatic rings. The fourth-order valence-electron chi connectivity index (χ4n) is 2.52. The Balaban J connectivity index is 2.04. The molecular weight excluding hydrogens is 386 g/mol. The maximum absolute atomic E-state index is 12.4. The molecule has 0 saturated carbocycles. The molecule has 0 aromatic heterocycles. The number of rotatable bonds is 8. The van der Waals surface area contributed by atoms with Crippen molar-refractivity contribution in [2.24, 2.45) is 0 Å². The van der Waals surface area contributed by atoms with E-state index < -0.39 is 17.4 Å². The van der Waals surface area contributed by atoms with Gasteiger partial charge in [-0.2, -0.15) is 0 Å². The first kappa shape index (κ1) is 21.2. The predicted octanol–water partition coefficient (Wildman–Crippen LogP) is 3.75. The van der Waals surface area contributed by atoms with Crippen molar-refractivity contribution in [1.29, 1.82) is 0 Å². The molecule has 8 nitrogen and oxygen atoms in total. The molecule has 0 aliphatic carbocycles. The first-order chi connectivity index (χ1) is 13.3. The number of hydrogen-bond acceptors (Lipinski definition) is 5. The molecule has 28 heavy (non-hydrogen) atoms. The Kier molecular flexibility index (Phi) is 7.34. The number of nitro benzene ring substituents is 1. The van der Waals surface area contributed by atoms with Crippen molar-refractivity contribution in [3.05, 3.63) is 63.2 Å². The molecule has 0 spiro atoms. The Morgan fingerprint density at radius 1 is 1.18 bits per heavy atom. The minimum atomic E-state index is -0.637. The molecule has 0 bridgehead atoms. The topological polar surface area (TPSA) is 102 Å². The molecule has 0 radical (unpaired) electrons. The van der Waals surface area contributed by atoms with Crippen LogP contribution in [-0.4, -0.2) is 41.3 Å². The summed E-state index contributed by atoms with van der Waals surface area (Å²) in [6.07, 6.45) is 0. The summed E-state index contributed by atoms with van der Waals surface area (Å²) in [6, 6.07) is 10.5. The molecule has 2 aromatic rings. The fraction of sp³-hybridized carbons (Fsp3) is 0.263. The summed E-state index contributed by atoms with van der Waals surface area (Å²) in [7, 11) is 0. The van der Waals surface area contributed by atoms with E-state index in [1.807, 2.05) is 13.8 Å². The number of carbonyl (C=O) groups is 2. The Hall–Kier alpha value is -3.13. The second kappa shape index (κ2) is 9.70. The summed E-state index contributed by atoms with van der Waals surface area (Å²) in [5, 5.41) is 13.9. The van der Waals surface area contributed by atoms with Gasteiger partial charge >= 0.3 is 5.69 Å². The minimum Gasteiger partial charge on any atom is -0.477 e. The normalized spacial score (nSPS) is 10.2. The third kappa shape index (κ3) is 5.43. The summed E-state index contributed by atoms with van der Waals surface area (Å²) in [4.78, 5) is 36.6. The van der Waals surface area contributed by atoms with Gasteiger partial charge in [0.2, 0.25) is 0 Å². The number of hydrogen-bond donors (Lipinski definition) is 1. The van der Waals surface area contributed by atoms with E-state index in [-0.39, 0.29) is 22.4 Å². The van der Waals surface area contributed by atoms with E-state index in [1.165, 1.54) is 12.1 Å². The highest BCUT2D eigenvalue weighted by molar-refractivity contribution is 6.30. The van der Waals surface area contributed by atoms with E-state index in [0.29, 0.717) is 24.3 Å². The van der Waals surface area contributed by atoms with Gasteiger partial charge in [0, 0.05) is 35.4 Å². The lowest BCUT2D eigenvalue weighted by Crippen LogP contribution is -2.30. The summed E-state index contributed by atoms with van der Waals surface area (Å²) in [5.41, 5.74) is 0.556. The monoisotopic (exact) mass is 405 g/mol. The van der Waals surface area contributed by atoms with Crippen LogP contribution in [0.5, 0.6) is 5.75 Å². The van der Waals surface area contributed by atoms with Crippen LogP contribution in [0.15, 0.2) is 42.5 Å². The maximum atomic E-state index is 12.4. The number of nitrogens with one attached hydrogen (secondary N) is 1. The van der Waals surface area contributed by atoms with Crippen LogP contribution in [0.2, 0.25) is 5.02 Å². The van der Waals surface area contributed by atoms with E-state index in [9.17, 15) is 19.7 Å². The molecule has 2 amide bonds. The van der Waals surface area contributed by atoms with Crippen LogP contribution in [0.4, 0.5) is 11.4 Å². The number of anilines is 1. The van der Waals surface area contributed by atoms with Gasteiger partial charge < -0.3 is 15.0 Å². The Labute approximate surface area is 167 Å². The van der Waals surface area contributed by atoms with Crippen LogP contribution in [-0.2, 0) is 4.79 Å². The van der Waals surface area contributed by atoms with Gasteiger partial charge in [0.05, 0.1) is 4.92 Å². The Morgan fingerprint density at radius 2 is 1.89 bits per heavy atom. The fourth-order valence-corrected chi connectivity index (χ4v) is 2.69. The first-order valence-electron chi connectivity index (χ1n) is 8.61. The average Bonchev–Trinajstić information content (AvgIpc) is 2.68. The molecule has 2 aromatic carbocycles. The number of benzene rings is 2. The van der Waals surface area contributed by atoms with Crippen LogP contribution in [0.1, 0.15) is 24.2 Å². The zero-order valence-electron chi connectivity index (χ0n) is 15.5. The number of carbonyl (C=O) groups excluding carboxylic acids is 2. The summed E-state index contributed by atoms with van der Waals surface area (Å²) >= 11 is 5.74. The predicted molar refractivity (Wildman–Crippen MR) is 106 cm³/mol. The third-order valence-electron chi connectivity index (χ3n) is 3.92. The zero-order valence-corrected chi connectivity index (χ0v) is 16.2. The van der Waals surface area contributed by atoms with E-state index >= 15 is 0 Å². The average molecular weight is 406 g/mol. The number of nitro groups is 1. The molecule has 1 N–H and O–H groups in total. The Bertz CT molecular complexity index is 884. The minimum absolute atomic E-state index is 0.0602. The molecule has 9 heteroatoms. The SMILES string of the molecule is CCN(CC)C(=O)c1cccc(NC(=O)COc2ccc(Cl)cc2[N+](=O)[O-])c1. The van der Waals surface area contributed by atoms with Crippen LogP contribution < -0.4 is 10.1 Å². The zero-order chi connectivity index (χ0) is 20.7. The molecule has 0 atom stereocenters. The molecular formula is C19H20ClN3O5. The number of nitrogens with zero attached hydrogens (tertiary/aromatic N) is 2. The van der Waals surface area contributed by atoms with Crippen molar-refractivity contribution < 1.29 is 19.2 Å². The van der Waals surface area contributed by atoms with Crippen molar-refractivity contribution in [2.75, 3.05) is 25.0 Å². The van der Waals surface area contributed by atoms with Crippen molar-refractivity contribution in [1.82, 2.24) is 4.90 Å². The maximum Gasteiger partial charge on any atom is 0.312 e. The van der Waals surface area contributed by atoms with E-state index in [2.05, 4.69) is 5.32 Å². The molecule has 0 aliphatic heterocycles. The van der Waals surface area contributed by atoms with Gasteiger partial charge in [-0.25, -0.2) is 0 Å². The van der Waals surface area contributed by atoms with Gasteiger partial charge in [-0.3, -0.25) is 19.7 Å². The molecule has 0 saturated heterocycles. The molecule has 0 fully saturated rings. The summed E-state index contributed by atoms with van der Waals surface area (Å²) < 4.78 is 5.25. The highest BCUT2D eigenvalue weighted by atomic mass is 35.5. The van der Waals surface area contributed by atoms with Crippen LogP contribution in [0.25, 0.3) is 0 Å².